The molecule has 0 saturated carbocycles. The molecule has 128 valence electrons. The molecule has 0 aromatic carbocycles. The summed E-state index contributed by atoms with van der Waals surface area (Å²) in [6, 6.07) is 1.50. The molecular weight excluding hydrogens is 296 g/mol. The molecular formula is C16H26N4O3. The smallest absolute Gasteiger partial charge is 0.332 e. The van der Waals surface area contributed by atoms with Crippen molar-refractivity contribution >= 4 is 11.7 Å². The van der Waals surface area contributed by atoms with Crippen LogP contribution in [0.3, 0.4) is 0 Å². The number of carbonyl (C=O) groups excluding carboxylic acids is 1. The highest BCUT2D eigenvalue weighted by molar-refractivity contribution is 5.79. The Kier molecular flexibility index (Phi) is 5.63. The van der Waals surface area contributed by atoms with Crippen LogP contribution in [0.4, 0.5) is 5.82 Å². The van der Waals surface area contributed by atoms with Crippen LogP contribution in [-0.4, -0.2) is 34.7 Å². The molecule has 1 fully saturated rings. The van der Waals surface area contributed by atoms with Crippen molar-refractivity contribution in [1.82, 2.24) is 14.5 Å². The van der Waals surface area contributed by atoms with Crippen molar-refractivity contribution in [2.24, 2.45) is 13.0 Å². The average Bonchev–Trinajstić information content (AvgIpc) is 2.57. The molecule has 0 bridgehead atoms. The van der Waals surface area contributed by atoms with Crippen molar-refractivity contribution in [2.45, 2.75) is 39.7 Å². The van der Waals surface area contributed by atoms with E-state index in [1.54, 1.807) is 4.57 Å². The molecule has 1 amide bonds. The first-order valence-corrected chi connectivity index (χ1v) is 8.33. The Balaban J connectivity index is 2.27. The molecule has 7 heteroatoms. The van der Waals surface area contributed by atoms with Gasteiger partial charge in [0.05, 0.1) is 5.92 Å². The summed E-state index contributed by atoms with van der Waals surface area (Å²) in [5, 5.41) is 2.93. The number of amides is 1. The van der Waals surface area contributed by atoms with E-state index < -0.39 is 0 Å². The zero-order chi connectivity index (χ0) is 17.0. The van der Waals surface area contributed by atoms with Gasteiger partial charge in [0.1, 0.15) is 5.82 Å². The van der Waals surface area contributed by atoms with Gasteiger partial charge in [0.15, 0.2) is 0 Å². The second-order valence-electron chi connectivity index (χ2n) is 6.00. The Bertz CT molecular complexity index is 677. The molecule has 1 N–H and O–H groups in total. The van der Waals surface area contributed by atoms with Crippen LogP contribution in [-0.2, 0) is 18.4 Å². The number of carbonyl (C=O) groups is 1. The van der Waals surface area contributed by atoms with Crippen molar-refractivity contribution in [3.8, 4) is 0 Å². The van der Waals surface area contributed by atoms with E-state index in [-0.39, 0.29) is 23.1 Å². The van der Waals surface area contributed by atoms with Crippen LogP contribution in [0.1, 0.15) is 33.1 Å². The van der Waals surface area contributed by atoms with Gasteiger partial charge in [-0.25, -0.2) is 4.79 Å². The van der Waals surface area contributed by atoms with Gasteiger partial charge >= 0.3 is 5.69 Å². The lowest BCUT2D eigenvalue weighted by atomic mass is 9.97. The van der Waals surface area contributed by atoms with E-state index >= 15 is 0 Å². The molecule has 1 saturated heterocycles. The summed E-state index contributed by atoms with van der Waals surface area (Å²) >= 11 is 0. The molecule has 0 radical (unpaired) electrons. The molecule has 2 rings (SSSR count). The van der Waals surface area contributed by atoms with Crippen molar-refractivity contribution in [3.05, 3.63) is 26.9 Å². The summed E-state index contributed by atoms with van der Waals surface area (Å²) in [4.78, 5) is 38.4. The molecule has 1 aliphatic heterocycles. The number of nitrogens with one attached hydrogen (secondary N) is 1. The van der Waals surface area contributed by atoms with E-state index in [9.17, 15) is 14.4 Å². The molecule has 1 aromatic heterocycles. The van der Waals surface area contributed by atoms with Gasteiger partial charge in [-0.15, -0.1) is 0 Å². The minimum atomic E-state index is -0.313. The van der Waals surface area contributed by atoms with Crippen molar-refractivity contribution in [2.75, 3.05) is 24.5 Å². The summed E-state index contributed by atoms with van der Waals surface area (Å²) in [5.41, 5.74) is -0.625. The lowest BCUT2D eigenvalue weighted by molar-refractivity contribution is -0.125. The zero-order valence-corrected chi connectivity index (χ0v) is 14.2. The zero-order valence-electron chi connectivity index (χ0n) is 14.2. The first kappa shape index (κ1) is 17.3. The third-order valence-corrected chi connectivity index (χ3v) is 4.36. The number of hydrogen-bond acceptors (Lipinski definition) is 4. The van der Waals surface area contributed by atoms with E-state index in [4.69, 9.17) is 0 Å². The van der Waals surface area contributed by atoms with Crippen LogP contribution in [0.2, 0.25) is 0 Å². The largest absolute Gasteiger partial charge is 0.357 e. The lowest BCUT2D eigenvalue weighted by Gasteiger charge is -2.34. The maximum Gasteiger partial charge on any atom is 0.332 e. The number of hydrogen-bond donors (Lipinski definition) is 1. The second kappa shape index (κ2) is 7.48. The first-order chi connectivity index (χ1) is 11.0. The number of rotatable bonds is 5. The standard InChI is InChI=1S/C16H26N4O3/c1-4-8-17-15(22)12-7-6-9-19(11-12)13-10-14(21)18(3)16(23)20(13)5-2/h10,12H,4-9,11H2,1-3H3,(H,17,22)/t12-/m1/s1. The van der Waals surface area contributed by atoms with E-state index in [1.807, 2.05) is 18.7 Å². The van der Waals surface area contributed by atoms with Gasteiger partial charge in [0, 0.05) is 39.3 Å². The summed E-state index contributed by atoms with van der Waals surface area (Å²) in [6.07, 6.45) is 2.62. The highest BCUT2D eigenvalue weighted by Gasteiger charge is 2.27. The van der Waals surface area contributed by atoms with Crippen LogP contribution in [0.25, 0.3) is 0 Å². The van der Waals surface area contributed by atoms with Crippen LogP contribution in [0, 0.1) is 5.92 Å². The minimum Gasteiger partial charge on any atom is -0.357 e. The van der Waals surface area contributed by atoms with Gasteiger partial charge in [-0.2, -0.15) is 0 Å². The number of anilines is 1. The van der Waals surface area contributed by atoms with Gasteiger partial charge in [-0.3, -0.25) is 18.7 Å². The molecule has 0 aliphatic carbocycles. The maximum absolute atomic E-state index is 12.3. The fraction of sp³-hybridized carbons (Fsp3) is 0.688. The summed E-state index contributed by atoms with van der Waals surface area (Å²) in [7, 11) is 1.48. The Morgan fingerprint density at radius 3 is 2.74 bits per heavy atom. The van der Waals surface area contributed by atoms with E-state index in [0.29, 0.717) is 25.5 Å². The molecule has 23 heavy (non-hydrogen) atoms. The topological polar surface area (TPSA) is 76.3 Å². The molecule has 0 spiro atoms. The quantitative estimate of drug-likeness (QED) is 0.846. The minimum absolute atomic E-state index is 0.0609. The molecule has 1 aliphatic rings. The van der Waals surface area contributed by atoms with Crippen LogP contribution in [0.15, 0.2) is 15.7 Å². The molecule has 1 atom stereocenters. The number of aromatic nitrogens is 2. The molecule has 2 heterocycles. The average molecular weight is 322 g/mol. The Hall–Kier alpha value is -2.05. The summed E-state index contributed by atoms with van der Waals surface area (Å²) in [5.74, 6) is 0.583. The highest BCUT2D eigenvalue weighted by Crippen LogP contribution is 2.21. The van der Waals surface area contributed by atoms with E-state index in [0.717, 1.165) is 30.4 Å². The van der Waals surface area contributed by atoms with E-state index in [2.05, 4.69) is 5.32 Å². The van der Waals surface area contributed by atoms with Crippen LogP contribution in [0.5, 0.6) is 0 Å². The van der Waals surface area contributed by atoms with Crippen LogP contribution >= 0.6 is 0 Å². The number of piperidine rings is 1. The normalized spacial score (nSPS) is 18.0. The van der Waals surface area contributed by atoms with Gasteiger partial charge in [0.25, 0.3) is 5.56 Å². The Morgan fingerprint density at radius 2 is 2.09 bits per heavy atom. The SMILES string of the molecule is CCCNC(=O)[C@@H]1CCCN(c2cc(=O)n(C)c(=O)n2CC)C1. The third-order valence-electron chi connectivity index (χ3n) is 4.36. The number of nitrogens with zero attached hydrogens (tertiary/aromatic N) is 3. The first-order valence-electron chi connectivity index (χ1n) is 8.33. The second-order valence-corrected chi connectivity index (χ2v) is 6.00. The lowest BCUT2D eigenvalue weighted by Crippen LogP contribution is -2.47. The van der Waals surface area contributed by atoms with Gasteiger partial charge < -0.3 is 10.2 Å². The van der Waals surface area contributed by atoms with Crippen molar-refractivity contribution in [1.29, 1.82) is 0 Å². The maximum atomic E-state index is 12.3. The monoisotopic (exact) mass is 322 g/mol. The fourth-order valence-corrected chi connectivity index (χ4v) is 3.01. The molecule has 7 nitrogen and oxygen atoms in total. The summed E-state index contributed by atoms with van der Waals surface area (Å²) in [6.45, 7) is 6.37. The molecule has 1 aromatic rings. The summed E-state index contributed by atoms with van der Waals surface area (Å²) < 4.78 is 2.70. The van der Waals surface area contributed by atoms with Gasteiger partial charge in [-0.05, 0) is 26.2 Å². The van der Waals surface area contributed by atoms with Crippen molar-refractivity contribution < 1.29 is 4.79 Å². The predicted molar refractivity (Wildman–Crippen MR) is 89.9 cm³/mol. The van der Waals surface area contributed by atoms with Gasteiger partial charge in [-0.1, -0.05) is 6.92 Å². The Labute approximate surface area is 135 Å². The van der Waals surface area contributed by atoms with Crippen LogP contribution < -0.4 is 21.5 Å². The highest BCUT2D eigenvalue weighted by atomic mass is 16.2. The Morgan fingerprint density at radius 1 is 1.35 bits per heavy atom. The van der Waals surface area contributed by atoms with E-state index in [1.165, 1.54) is 13.1 Å². The predicted octanol–water partition coefficient (Wildman–Crippen LogP) is 0.310. The van der Waals surface area contributed by atoms with Crippen molar-refractivity contribution in [3.63, 3.8) is 0 Å². The molecule has 0 unspecified atom stereocenters. The third kappa shape index (κ3) is 3.65. The van der Waals surface area contributed by atoms with Gasteiger partial charge in [0.2, 0.25) is 5.91 Å². The fourth-order valence-electron chi connectivity index (χ4n) is 3.01.